The molecule has 7 nitrogen and oxygen atoms in total. The maximum Gasteiger partial charge on any atom is 0.305 e. The molecule has 418 valence electrons. The van der Waals surface area contributed by atoms with Crippen LogP contribution in [0.2, 0.25) is 0 Å². The largest absolute Gasteiger partial charge is 0.466 e. The first-order valence-corrected chi connectivity index (χ1v) is 31.8. The highest BCUT2D eigenvalue weighted by molar-refractivity contribution is 5.83. The van der Waals surface area contributed by atoms with E-state index in [1.165, 1.54) is 276 Å². The molecule has 0 rings (SSSR count). The van der Waals surface area contributed by atoms with Gasteiger partial charge in [0.1, 0.15) is 6.10 Å². The number of nitrogens with two attached hydrogens (primary N) is 1. The lowest BCUT2D eigenvalue weighted by Gasteiger charge is -2.27. The molecule has 1 unspecified atom stereocenters. The van der Waals surface area contributed by atoms with E-state index in [9.17, 15) is 24.9 Å². The fraction of sp³-hybridized carbons (Fsp3) is 0.968. The second-order valence-electron chi connectivity index (χ2n) is 22.4. The molecule has 0 saturated heterocycles. The van der Waals surface area contributed by atoms with E-state index in [1.807, 2.05) is 0 Å². The summed E-state index contributed by atoms with van der Waals surface area (Å²) in [7, 11) is 0. The van der Waals surface area contributed by atoms with Crippen LogP contribution in [-0.4, -0.2) is 58.0 Å². The molecular formula is C63H125NO6. The zero-order valence-electron chi connectivity index (χ0n) is 47.3. The van der Waals surface area contributed by atoms with Gasteiger partial charge in [0.2, 0.25) is 0 Å². The van der Waals surface area contributed by atoms with Crippen molar-refractivity contribution in [3.8, 4) is 0 Å². The van der Waals surface area contributed by atoms with Crippen molar-refractivity contribution in [3.63, 3.8) is 0 Å². The molecule has 0 aliphatic carbocycles. The lowest BCUT2D eigenvalue weighted by atomic mass is 9.93. The normalized spacial score (nSPS) is 13.5. The van der Waals surface area contributed by atoms with Crippen LogP contribution in [0.25, 0.3) is 0 Å². The van der Waals surface area contributed by atoms with E-state index >= 15 is 0 Å². The summed E-state index contributed by atoms with van der Waals surface area (Å²) in [5, 5.41) is 31.4. The summed E-state index contributed by atoms with van der Waals surface area (Å²) in [6.07, 6.45) is 63.4. The first-order chi connectivity index (χ1) is 34.3. The third-order valence-corrected chi connectivity index (χ3v) is 15.4. The van der Waals surface area contributed by atoms with Crippen LogP contribution in [-0.2, 0) is 14.3 Å². The molecule has 0 aromatic heterocycles. The SMILES string of the molecule is CCCCCCCCCCCCCCCCCC(=O)OCCCCCCCCCCCCCCCCCCCCCCCCCCC(=O)C(O)[C@H](N)[C@H](O)[C@H](O)CCCCCCCCCCCCCC. The Morgan fingerprint density at radius 3 is 0.886 bits per heavy atom. The molecular weight excluding hydrogens is 867 g/mol. The highest BCUT2D eigenvalue weighted by Gasteiger charge is 2.32. The van der Waals surface area contributed by atoms with E-state index in [-0.39, 0.29) is 18.2 Å². The smallest absolute Gasteiger partial charge is 0.305 e. The standard InChI is InChI=1S/C63H125NO6/c1-3-5-7-9-11-13-15-17-28-32-36-40-44-48-52-56-60(67)70-57-53-49-45-41-37-33-30-27-25-23-21-19-18-20-22-24-26-29-31-35-39-43-47-51-55-59(66)63(69)61(64)62(68)58(65)54-50-46-42-38-34-16-14-12-10-8-6-4-2/h58,61-63,65,68-69H,3-57,64H2,1-2H3/t58-,61-,62-,63?/m1/s1. The minimum atomic E-state index is -1.42. The number of esters is 1. The van der Waals surface area contributed by atoms with Gasteiger partial charge in [-0.25, -0.2) is 0 Å². The molecule has 5 N–H and O–H groups in total. The number of hydrogen-bond acceptors (Lipinski definition) is 7. The Bertz CT molecular complexity index is 1040. The van der Waals surface area contributed by atoms with Gasteiger partial charge in [-0.1, -0.05) is 322 Å². The van der Waals surface area contributed by atoms with Crippen molar-refractivity contribution in [3.05, 3.63) is 0 Å². The quantitative estimate of drug-likeness (QED) is 0.0353. The topological polar surface area (TPSA) is 130 Å². The molecule has 0 fully saturated rings. The van der Waals surface area contributed by atoms with E-state index in [2.05, 4.69) is 13.8 Å². The summed E-state index contributed by atoms with van der Waals surface area (Å²) < 4.78 is 5.49. The van der Waals surface area contributed by atoms with Gasteiger partial charge < -0.3 is 25.8 Å². The van der Waals surface area contributed by atoms with Gasteiger partial charge in [-0.05, 0) is 25.7 Å². The summed E-state index contributed by atoms with van der Waals surface area (Å²) in [4.78, 5) is 24.6. The lowest BCUT2D eigenvalue weighted by molar-refractivity contribution is -0.143. The summed E-state index contributed by atoms with van der Waals surface area (Å²) in [6.45, 7) is 5.15. The Balaban J connectivity index is 3.39. The summed E-state index contributed by atoms with van der Waals surface area (Å²) in [5.74, 6) is -0.304. The molecule has 0 aromatic carbocycles. The molecule has 0 aliphatic rings. The van der Waals surface area contributed by atoms with Gasteiger partial charge in [0, 0.05) is 12.8 Å². The van der Waals surface area contributed by atoms with Crippen molar-refractivity contribution in [2.24, 2.45) is 5.73 Å². The van der Waals surface area contributed by atoms with Crippen LogP contribution in [0.4, 0.5) is 0 Å². The predicted molar refractivity (Wildman–Crippen MR) is 303 cm³/mol. The Morgan fingerprint density at radius 2 is 0.586 bits per heavy atom. The monoisotopic (exact) mass is 992 g/mol. The average molecular weight is 993 g/mol. The number of ether oxygens (including phenoxy) is 1. The maximum absolute atomic E-state index is 12.6. The molecule has 0 radical (unpaired) electrons. The third kappa shape index (κ3) is 50.5. The van der Waals surface area contributed by atoms with Gasteiger partial charge in [0.25, 0.3) is 0 Å². The number of carbonyl (C=O) groups excluding carboxylic acids is 2. The van der Waals surface area contributed by atoms with Crippen LogP contribution in [0.5, 0.6) is 0 Å². The van der Waals surface area contributed by atoms with E-state index < -0.39 is 24.4 Å². The fourth-order valence-corrected chi connectivity index (χ4v) is 10.4. The number of unbranched alkanes of at least 4 members (excludes halogenated alkanes) is 48. The third-order valence-electron chi connectivity index (χ3n) is 15.4. The summed E-state index contributed by atoms with van der Waals surface area (Å²) in [6, 6.07) is -1.14. The molecule has 0 spiro atoms. The Morgan fingerprint density at radius 1 is 0.343 bits per heavy atom. The number of hydrogen-bond donors (Lipinski definition) is 4. The molecule has 0 aliphatic heterocycles. The number of Topliss-reactive ketones (excluding diaryl/α,β-unsaturated/α-hetero) is 1. The lowest BCUT2D eigenvalue weighted by Crippen LogP contribution is -2.52. The van der Waals surface area contributed by atoms with E-state index in [1.54, 1.807) is 0 Å². The van der Waals surface area contributed by atoms with E-state index in [0.717, 1.165) is 51.4 Å². The molecule has 7 heteroatoms. The number of aliphatic hydroxyl groups excluding tert-OH is 3. The van der Waals surface area contributed by atoms with Crippen LogP contribution >= 0.6 is 0 Å². The van der Waals surface area contributed by atoms with Gasteiger partial charge in [0.05, 0.1) is 24.9 Å². The van der Waals surface area contributed by atoms with Crippen molar-refractivity contribution >= 4 is 11.8 Å². The van der Waals surface area contributed by atoms with Crippen molar-refractivity contribution in [2.45, 2.75) is 385 Å². The molecule has 0 bridgehead atoms. The van der Waals surface area contributed by atoms with Gasteiger partial charge in [-0.3, -0.25) is 9.59 Å². The zero-order chi connectivity index (χ0) is 51.1. The van der Waals surface area contributed by atoms with Crippen LogP contribution in [0.3, 0.4) is 0 Å². The van der Waals surface area contributed by atoms with Crippen molar-refractivity contribution in [1.29, 1.82) is 0 Å². The van der Waals surface area contributed by atoms with Crippen LogP contribution in [0.15, 0.2) is 0 Å². The predicted octanol–water partition coefficient (Wildman–Crippen LogP) is 18.6. The Labute approximate surface area is 437 Å². The fourth-order valence-electron chi connectivity index (χ4n) is 10.4. The van der Waals surface area contributed by atoms with Crippen LogP contribution < -0.4 is 5.73 Å². The van der Waals surface area contributed by atoms with E-state index in [0.29, 0.717) is 19.4 Å². The minimum absolute atomic E-state index is 0.0141. The maximum atomic E-state index is 12.6. The first kappa shape index (κ1) is 69.0. The number of ketones is 1. The van der Waals surface area contributed by atoms with Crippen molar-refractivity contribution in [2.75, 3.05) is 6.61 Å². The Hall–Kier alpha value is -1.02. The molecule has 0 aromatic rings. The second-order valence-corrected chi connectivity index (χ2v) is 22.4. The number of rotatable bonds is 60. The van der Waals surface area contributed by atoms with Gasteiger partial charge in [0.15, 0.2) is 5.78 Å². The molecule has 4 atom stereocenters. The van der Waals surface area contributed by atoms with Crippen molar-refractivity contribution in [1.82, 2.24) is 0 Å². The van der Waals surface area contributed by atoms with Crippen LogP contribution in [0, 0.1) is 0 Å². The number of aliphatic hydroxyl groups is 3. The first-order valence-electron chi connectivity index (χ1n) is 31.8. The highest BCUT2D eigenvalue weighted by Crippen LogP contribution is 2.19. The molecule has 0 saturated carbocycles. The summed E-state index contributed by atoms with van der Waals surface area (Å²) >= 11 is 0. The molecule has 0 amide bonds. The van der Waals surface area contributed by atoms with Gasteiger partial charge >= 0.3 is 5.97 Å². The highest BCUT2D eigenvalue weighted by atomic mass is 16.5. The van der Waals surface area contributed by atoms with E-state index in [4.69, 9.17) is 10.5 Å². The molecule has 70 heavy (non-hydrogen) atoms. The number of carbonyl (C=O) groups is 2. The van der Waals surface area contributed by atoms with Crippen molar-refractivity contribution < 1.29 is 29.6 Å². The second kappa shape index (κ2) is 57.3. The van der Waals surface area contributed by atoms with Gasteiger partial charge in [-0.2, -0.15) is 0 Å². The molecule has 0 heterocycles. The van der Waals surface area contributed by atoms with Gasteiger partial charge in [-0.15, -0.1) is 0 Å². The average Bonchev–Trinajstić information content (AvgIpc) is 3.36. The van der Waals surface area contributed by atoms with Crippen LogP contribution in [0.1, 0.15) is 361 Å². The minimum Gasteiger partial charge on any atom is -0.466 e. The summed E-state index contributed by atoms with van der Waals surface area (Å²) in [5.41, 5.74) is 6.04. The zero-order valence-corrected chi connectivity index (χ0v) is 47.3. The Kier molecular flexibility index (Phi) is 56.4.